The number of hydrazone groups is 1. The predicted octanol–water partition coefficient (Wildman–Crippen LogP) is -1.60. The highest BCUT2D eigenvalue weighted by molar-refractivity contribution is 5.82. The van der Waals surface area contributed by atoms with Gasteiger partial charge in [0, 0.05) is 0 Å². The van der Waals surface area contributed by atoms with E-state index in [4.69, 9.17) is 4.74 Å². The molecular formula is C17H22N5O4+. The molecule has 0 spiro atoms. The Hall–Kier alpha value is -3.07. The third kappa shape index (κ3) is 3.62. The molecule has 2 heterocycles. The number of aromatic nitrogens is 2. The van der Waals surface area contributed by atoms with Crippen molar-refractivity contribution in [2.75, 3.05) is 40.3 Å². The number of hydrogen-bond acceptors (Lipinski definition) is 6. The number of aromatic hydroxyl groups is 1. The molecule has 3 N–H and O–H groups in total. The van der Waals surface area contributed by atoms with Crippen LogP contribution >= 0.6 is 0 Å². The topological polar surface area (TPSA) is 104 Å². The Morgan fingerprint density at radius 1 is 1.23 bits per heavy atom. The van der Waals surface area contributed by atoms with Gasteiger partial charge in [0.25, 0.3) is 5.56 Å². The van der Waals surface area contributed by atoms with Crippen LogP contribution in [-0.4, -0.2) is 66.2 Å². The first-order valence-corrected chi connectivity index (χ1v) is 8.32. The molecule has 0 radical (unpaired) electrons. The van der Waals surface area contributed by atoms with Gasteiger partial charge in [0.15, 0.2) is 0 Å². The maximum Gasteiger partial charge on any atom is 0.335 e. The molecular weight excluding hydrogens is 338 g/mol. The summed E-state index contributed by atoms with van der Waals surface area (Å²) in [5, 5.41) is 16.6. The Morgan fingerprint density at radius 2 is 1.88 bits per heavy atom. The smallest absolute Gasteiger partial charge is 0.335 e. The molecule has 1 saturated heterocycles. The minimum absolute atomic E-state index is 0.0632. The molecule has 0 unspecified atom stereocenters. The van der Waals surface area contributed by atoms with Crippen molar-refractivity contribution >= 4 is 6.21 Å². The zero-order chi connectivity index (χ0) is 18.7. The molecule has 1 aliphatic heterocycles. The zero-order valence-corrected chi connectivity index (χ0v) is 14.7. The van der Waals surface area contributed by atoms with Crippen molar-refractivity contribution in [3.63, 3.8) is 0 Å². The molecule has 0 bridgehead atoms. The molecule has 0 amide bonds. The van der Waals surface area contributed by atoms with Gasteiger partial charge >= 0.3 is 5.69 Å². The highest BCUT2D eigenvalue weighted by atomic mass is 16.5. The van der Waals surface area contributed by atoms with Gasteiger partial charge in [-0.3, -0.25) is 14.8 Å². The van der Waals surface area contributed by atoms with Crippen LogP contribution in [0.3, 0.4) is 0 Å². The molecule has 1 aromatic heterocycles. The van der Waals surface area contributed by atoms with Crippen molar-refractivity contribution in [2.24, 2.45) is 5.10 Å². The highest BCUT2D eigenvalue weighted by Gasteiger charge is 2.17. The van der Waals surface area contributed by atoms with Crippen molar-refractivity contribution in [3.05, 3.63) is 50.7 Å². The Kier molecular flexibility index (Phi) is 5.08. The monoisotopic (exact) mass is 360 g/mol. The number of piperazine rings is 1. The van der Waals surface area contributed by atoms with Gasteiger partial charge in [-0.05, 0) is 24.3 Å². The SMILES string of the molecule is COc1ccc(-n2c(O)c(C=NN3CC[NH+](C)CC3)c(=O)[nH]c2=O)cc1. The first-order chi connectivity index (χ1) is 12.5. The lowest BCUT2D eigenvalue weighted by molar-refractivity contribution is -0.884. The normalized spacial score (nSPS) is 15.5. The van der Waals surface area contributed by atoms with Crippen LogP contribution in [-0.2, 0) is 0 Å². The standard InChI is InChI=1S/C17H21N5O4/c1-20-7-9-21(10-8-20)18-11-14-15(23)19-17(25)22(16(14)24)12-3-5-13(26-2)6-4-12/h3-6,11,24H,7-10H2,1-2H3,(H,19,23,25)/p+1. The Bertz CT molecular complexity index is 908. The van der Waals surface area contributed by atoms with Gasteiger partial charge in [0.2, 0.25) is 5.88 Å². The fraction of sp³-hybridized carbons (Fsp3) is 0.353. The summed E-state index contributed by atoms with van der Waals surface area (Å²) in [4.78, 5) is 27.9. The van der Waals surface area contributed by atoms with Crippen molar-refractivity contribution in [3.8, 4) is 17.3 Å². The number of ether oxygens (including phenoxy) is 1. The van der Waals surface area contributed by atoms with E-state index in [2.05, 4.69) is 17.1 Å². The molecule has 0 aliphatic carbocycles. The number of methoxy groups -OCH3 is 1. The van der Waals surface area contributed by atoms with Crippen LogP contribution in [0.1, 0.15) is 5.56 Å². The quantitative estimate of drug-likeness (QED) is 0.570. The van der Waals surface area contributed by atoms with Gasteiger partial charge in [-0.15, -0.1) is 0 Å². The summed E-state index contributed by atoms with van der Waals surface area (Å²) in [5.74, 6) is 0.164. The molecule has 3 rings (SSSR count). The molecule has 2 aromatic rings. The Balaban J connectivity index is 1.96. The van der Waals surface area contributed by atoms with E-state index in [-0.39, 0.29) is 5.56 Å². The van der Waals surface area contributed by atoms with Crippen LogP contribution in [0.5, 0.6) is 11.6 Å². The van der Waals surface area contributed by atoms with E-state index in [1.54, 1.807) is 24.3 Å². The van der Waals surface area contributed by atoms with Gasteiger partial charge < -0.3 is 14.7 Å². The average molecular weight is 360 g/mol. The first-order valence-electron chi connectivity index (χ1n) is 8.32. The number of rotatable bonds is 4. The predicted molar refractivity (Wildman–Crippen MR) is 96.7 cm³/mol. The molecule has 9 heteroatoms. The molecule has 1 fully saturated rings. The minimum atomic E-state index is -0.724. The number of benzene rings is 1. The lowest BCUT2D eigenvalue weighted by Crippen LogP contribution is -3.11. The van der Waals surface area contributed by atoms with Crippen molar-refractivity contribution in [1.82, 2.24) is 14.6 Å². The molecule has 138 valence electrons. The maximum atomic E-state index is 12.2. The van der Waals surface area contributed by atoms with E-state index in [1.807, 2.05) is 5.01 Å². The number of H-pyrrole nitrogens is 1. The summed E-state index contributed by atoms with van der Waals surface area (Å²) in [6, 6.07) is 6.55. The van der Waals surface area contributed by atoms with Gasteiger partial charge in [-0.25, -0.2) is 9.36 Å². The summed E-state index contributed by atoms with van der Waals surface area (Å²) >= 11 is 0. The summed E-state index contributed by atoms with van der Waals surface area (Å²) in [7, 11) is 3.65. The van der Waals surface area contributed by atoms with Crippen LogP contribution in [0, 0.1) is 0 Å². The molecule has 0 saturated carbocycles. The Labute approximate surface area is 149 Å². The van der Waals surface area contributed by atoms with Gasteiger partial charge in [0.1, 0.15) is 11.3 Å². The lowest BCUT2D eigenvalue weighted by atomic mass is 10.2. The second kappa shape index (κ2) is 7.44. The Morgan fingerprint density at radius 3 is 2.50 bits per heavy atom. The molecule has 1 aromatic carbocycles. The van der Waals surface area contributed by atoms with Crippen LogP contribution in [0.15, 0.2) is 39.0 Å². The third-order valence-electron chi connectivity index (χ3n) is 4.40. The zero-order valence-electron chi connectivity index (χ0n) is 14.7. The van der Waals surface area contributed by atoms with Crippen LogP contribution in [0.25, 0.3) is 5.69 Å². The molecule has 26 heavy (non-hydrogen) atoms. The van der Waals surface area contributed by atoms with Crippen molar-refractivity contribution < 1.29 is 14.7 Å². The van der Waals surface area contributed by atoms with E-state index < -0.39 is 17.1 Å². The second-order valence-corrected chi connectivity index (χ2v) is 6.19. The minimum Gasteiger partial charge on any atom is -0.497 e. The van der Waals surface area contributed by atoms with E-state index in [9.17, 15) is 14.7 Å². The summed E-state index contributed by atoms with van der Waals surface area (Å²) in [6.45, 7) is 3.42. The molecule has 9 nitrogen and oxygen atoms in total. The molecule has 0 atom stereocenters. The van der Waals surface area contributed by atoms with Gasteiger partial charge in [-0.2, -0.15) is 5.10 Å². The van der Waals surface area contributed by atoms with Crippen molar-refractivity contribution in [2.45, 2.75) is 0 Å². The first kappa shape index (κ1) is 17.7. The van der Waals surface area contributed by atoms with Crippen LogP contribution in [0.4, 0.5) is 0 Å². The van der Waals surface area contributed by atoms with Crippen LogP contribution in [0.2, 0.25) is 0 Å². The largest absolute Gasteiger partial charge is 0.497 e. The highest BCUT2D eigenvalue weighted by Crippen LogP contribution is 2.18. The number of likely N-dealkylation sites (N-methyl/N-ethyl adjacent to an activating group) is 1. The number of hydrogen-bond donors (Lipinski definition) is 3. The van der Waals surface area contributed by atoms with Crippen LogP contribution < -0.4 is 20.9 Å². The van der Waals surface area contributed by atoms with Gasteiger partial charge in [-0.1, -0.05) is 0 Å². The maximum absolute atomic E-state index is 12.2. The number of quaternary nitrogens is 1. The summed E-state index contributed by atoms with van der Waals surface area (Å²) in [6.07, 6.45) is 1.30. The number of aromatic amines is 1. The third-order valence-corrected chi connectivity index (χ3v) is 4.40. The number of nitrogens with one attached hydrogen (secondary N) is 2. The molecule has 1 aliphatic rings. The van der Waals surface area contributed by atoms with Gasteiger partial charge in [0.05, 0.1) is 52.2 Å². The number of nitrogens with zero attached hydrogens (tertiary/aromatic N) is 3. The summed E-state index contributed by atoms with van der Waals surface area (Å²) < 4.78 is 6.11. The van der Waals surface area contributed by atoms with E-state index in [0.29, 0.717) is 11.4 Å². The summed E-state index contributed by atoms with van der Waals surface area (Å²) in [5.41, 5.74) is -1.06. The van der Waals surface area contributed by atoms with E-state index in [1.165, 1.54) is 18.2 Å². The van der Waals surface area contributed by atoms with Crippen molar-refractivity contribution in [1.29, 1.82) is 0 Å². The average Bonchev–Trinajstić information content (AvgIpc) is 2.63. The van der Waals surface area contributed by atoms with E-state index >= 15 is 0 Å². The fourth-order valence-corrected chi connectivity index (χ4v) is 2.76. The fourth-order valence-electron chi connectivity index (χ4n) is 2.76. The van der Waals surface area contributed by atoms with E-state index in [0.717, 1.165) is 30.7 Å². The lowest BCUT2D eigenvalue weighted by Gasteiger charge is -2.27. The second-order valence-electron chi connectivity index (χ2n) is 6.19.